The van der Waals surface area contributed by atoms with E-state index in [2.05, 4.69) is 9.71 Å². The Hall–Kier alpha value is -3.59. The van der Waals surface area contributed by atoms with Crippen LogP contribution in [0.25, 0.3) is 31.8 Å². The van der Waals surface area contributed by atoms with Gasteiger partial charge in [0.15, 0.2) is 4.34 Å². The maximum atomic E-state index is 13.4. The van der Waals surface area contributed by atoms with Crippen LogP contribution in [0.4, 0.5) is 5.69 Å². The second-order valence-corrected chi connectivity index (χ2v) is 12.0. The van der Waals surface area contributed by atoms with Gasteiger partial charge in [-0.05, 0) is 41.1 Å². The molecule has 0 atom stereocenters. The number of benzene rings is 5. The van der Waals surface area contributed by atoms with E-state index in [9.17, 15) is 13.5 Å². The maximum Gasteiger partial charge on any atom is 0.261 e. The molecule has 6 rings (SSSR count). The van der Waals surface area contributed by atoms with Crippen LogP contribution in [0, 0.1) is 0 Å². The van der Waals surface area contributed by atoms with Gasteiger partial charge in [-0.15, -0.1) is 11.3 Å². The number of aromatic nitrogens is 1. The summed E-state index contributed by atoms with van der Waals surface area (Å²) in [5.41, 5.74) is 1.28. The monoisotopic (exact) mass is 514 g/mol. The van der Waals surface area contributed by atoms with Crippen molar-refractivity contribution in [2.75, 3.05) is 4.72 Å². The van der Waals surface area contributed by atoms with Gasteiger partial charge in [0, 0.05) is 10.8 Å². The lowest BCUT2D eigenvalue weighted by Crippen LogP contribution is -2.13. The predicted molar refractivity (Wildman–Crippen MR) is 144 cm³/mol. The normalized spacial score (nSPS) is 11.9. The van der Waals surface area contributed by atoms with Crippen molar-refractivity contribution in [3.05, 3.63) is 97.1 Å². The third-order valence-corrected chi connectivity index (χ3v) is 9.22. The molecular weight excluding hydrogens is 497 g/mol. The van der Waals surface area contributed by atoms with Gasteiger partial charge in [0.2, 0.25) is 0 Å². The highest BCUT2D eigenvalue weighted by atomic mass is 32.2. The Bertz CT molecular complexity index is 1810. The molecule has 172 valence electrons. The van der Waals surface area contributed by atoms with Crippen molar-refractivity contribution in [3.8, 4) is 5.75 Å². The van der Waals surface area contributed by atoms with Crippen LogP contribution in [0.5, 0.6) is 5.75 Å². The Labute approximate surface area is 210 Å². The molecule has 0 aliphatic heterocycles. The summed E-state index contributed by atoms with van der Waals surface area (Å²) in [6.45, 7) is 0. The number of sulfonamides is 1. The lowest BCUT2D eigenvalue weighted by Gasteiger charge is -2.15. The first-order valence-electron chi connectivity index (χ1n) is 10.8. The van der Waals surface area contributed by atoms with E-state index in [-0.39, 0.29) is 10.6 Å². The van der Waals surface area contributed by atoms with Crippen LogP contribution in [0.15, 0.2) is 111 Å². The Kier molecular flexibility index (Phi) is 5.36. The average Bonchev–Trinajstić information content (AvgIpc) is 3.29. The third kappa shape index (κ3) is 4.10. The van der Waals surface area contributed by atoms with Crippen molar-refractivity contribution in [1.29, 1.82) is 0 Å². The van der Waals surface area contributed by atoms with Crippen LogP contribution < -0.4 is 4.72 Å². The summed E-state index contributed by atoms with van der Waals surface area (Å²) >= 11 is 2.84. The molecule has 0 aliphatic rings. The Morgan fingerprint density at radius 2 is 1.51 bits per heavy atom. The fraction of sp³-hybridized carbons (Fsp3) is 0. The summed E-state index contributed by atoms with van der Waals surface area (Å²) in [5, 5.41) is 14.0. The van der Waals surface area contributed by atoms with Crippen LogP contribution in [0.2, 0.25) is 0 Å². The molecule has 5 nitrogen and oxygen atoms in total. The van der Waals surface area contributed by atoms with Gasteiger partial charge < -0.3 is 5.11 Å². The highest BCUT2D eigenvalue weighted by Crippen LogP contribution is 2.44. The van der Waals surface area contributed by atoms with Crippen LogP contribution in [0.3, 0.4) is 0 Å². The lowest BCUT2D eigenvalue weighted by molar-refractivity contribution is 0.469. The number of anilines is 1. The number of fused-ring (bicyclic) bond motifs is 3. The first-order valence-corrected chi connectivity index (χ1v) is 13.9. The molecule has 6 aromatic rings. The highest BCUT2D eigenvalue weighted by Gasteiger charge is 2.20. The Balaban J connectivity index is 1.43. The molecule has 0 saturated heterocycles. The van der Waals surface area contributed by atoms with Gasteiger partial charge in [0.1, 0.15) is 5.75 Å². The van der Waals surface area contributed by atoms with E-state index >= 15 is 0 Å². The van der Waals surface area contributed by atoms with Gasteiger partial charge in [-0.1, -0.05) is 78.5 Å². The molecule has 8 heteroatoms. The molecule has 5 aromatic carbocycles. The highest BCUT2D eigenvalue weighted by molar-refractivity contribution is 8.01. The lowest BCUT2D eigenvalue weighted by atomic mass is 10.1. The number of phenolic OH excluding ortho intramolecular Hbond substituents is 1. The molecule has 0 saturated carbocycles. The molecule has 0 amide bonds. The maximum absolute atomic E-state index is 13.4. The van der Waals surface area contributed by atoms with Crippen molar-refractivity contribution in [1.82, 2.24) is 4.98 Å². The second-order valence-electron chi connectivity index (χ2n) is 7.98. The topological polar surface area (TPSA) is 79.3 Å². The van der Waals surface area contributed by atoms with Crippen LogP contribution in [-0.2, 0) is 10.0 Å². The fourth-order valence-electron chi connectivity index (χ4n) is 4.02. The van der Waals surface area contributed by atoms with E-state index in [0.29, 0.717) is 21.4 Å². The number of para-hydroxylation sites is 1. The zero-order valence-corrected chi connectivity index (χ0v) is 20.6. The van der Waals surface area contributed by atoms with Crippen molar-refractivity contribution in [2.24, 2.45) is 0 Å². The molecule has 0 spiro atoms. The zero-order valence-electron chi connectivity index (χ0n) is 18.2. The van der Waals surface area contributed by atoms with Crippen molar-refractivity contribution in [3.63, 3.8) is 0 Å². The van der Waals surface area contributed by atoms with E-state index in [1.165, 1.54) is 23.1 Å². The van der Waals surface area contributed by atoms with Crippen molar-refractivity contribution < 1.29 is 13.5 Å². The molecular formula is C27H18N2O3S3. The van der Waals surface area contributed by atoms with Crippen LogP contribution in [0.1, 0.15) is 0 Å². The second kappa shape index (κ2) is 8.57. The SMILES string of the molecule is O=S(=O)(Nc1cc(Sc2nc3ccccc3s2)c(O)c2ccccc12)c1ccc2ccccc2c1. The fourth-order valence-corrected chi connectivity index (χ4v) is 7.25. The molecule has 35 heavy (non-hydrogen) atoms. The molecule has 1 aromatic heterocycles. The van der Waals surface area contributed by atoms with Crippen LogP contribution >= 0.6 is 23.1 Å². The van der Waals surface area contributed by atoms with Crippen molar-refractivity contribution in [2.45, 2.75) is 14.1 Å². The number of hydrogen-bond donors (Lipinski definition) is 2. The third-order valence-electron chi connectivity index (χ3n) is 5.73. The predicted octanol–water partition coefficient (Wildman–Crippen LogP) is 7.26. The zero-order chi connectivity index (χ0) is 24.0. The molecule has 0 radical (unpaired) electrons. The van der Waals surface area contributed by atoms with E-state index in [1.54, 1.807) is 36.4 Å². The Morgan fingerprint density at radius 3 is 2.34 bits per heavy atom. The number of rotatable bonds is 5. The quantitative estimate of drug-likeness (QED) is 0.237. The number of nitrogens with zero attached hydrogens (tertiary/aromatic N) is 1. The molecule has 2 N–H and O–H groups in total. The number of aromatic hydroxyl groups is 1. The first kappa shape index (κ1) is 21.9. The largest absolute Gasteiger partial charge is 0.506 e. The molecule has 0 unspecified atom stereocenters. The van der Waals surface area contributed by atoms with Gasteiger partial charge in [-0.3, -0.25) is 4.72 Å². The Morgan fingerprint density at radius 1 is 0.800 bits per heavy atom. The molecule has 0 aliphatic carbocycles. The van der Waals surface area contributed by atoms with Gasteiger partial charge in [0.25, 0.3) is 10.0 Å². The number of thiazole rings is 1. The summed E-state index contributed by atoms with van der Waals surface area (Å²) in [6.07, 6.45) is 0. The number of nitrogens with one attached hydrogen (secondary N) is 1. The summed E-state index contributed by atoms with van der Waals surface area (Å²) in [4.78, 5) is 5.34. The minimum absolute atomic E-state index is 0.0958. The molecule has 1 heterocycles. The summed E-state index contributed by atoms with van der Waals surface area (Å²) in [7, 11) is -3.87. The molecule has 0 bridgehead atoms. The molecule has 0 fully saturated rings. The first-order chi connectivity index (χ1) is 17.0. The smallest absolute Gasteiger partial charge is 0.261 e. The minimum Gasteiger partial charge on any atom is -0.506 e. The van der Waals surface area contributed by atoms with Gasteiger partial charge in [-0.25, -0.2) is 13.4 Å². The van der Waals surface area contributed by atoms with E-state index in [4.69, 9.17) is 0 Å². The summed E-state index contributed by atoms with van der Waals surface area (Å²) in [6, 6.07) is 29.4. The van der Waals surface area contributed by atoms with Gasteiger partial charge in [-0.2, -0.15) is 0 Å². The average molecular weight is 515 g/mol. The standard InChI is InChI=1S/C27H18N2O3S3/c30-26-21-10-4-3-9-20(21)23(16-25(26)34-27-28-22-11-5-6-12-24(22)33-27)29-35(31,32)19-14-13-17-7-1-2-8-18(17)15-19/h1-16,29-30H. The summed E-state index contributed by atoms with van der Waals surface area (Å²) < 4.78 is 31.3. The van der Waals surface area contributed by atoms with Gasteiger partial charge in [0.05, 0.1) is 25.7 Å². The number of hydrogen-bond acceptors (Lipinski definition) is 6. The van der Waals surface area contributed by atoms with E-state index in [0.717, 1.165) is 25.3 Å². The van der Waals surface area contributed by atoms with Gasteiger partial charge >= 0.3 is 0 Å². The summed E-state index contributed by atoms with van der Waals surface area (Å²) in [5.74, 6) is 0.0958. The number of phenols is 1. The van der Waals surface area contributed by atoms with E-state index in [1.807, 2.05) is 60.7 Å². The minimum atomic E-state index is -3.87. The van der Waals surface area contributed by atoms with E-state index < -0.39 is 10.0 Å². The van der Waals surface area contributed by atoms with Crippen LogP contribution in [-0.4, -0.2) is 18.5 Å². The van der Waals surface area contributed by atoms with Crippen molar-refractivity contribution >= 4 is 70.6 Å².